The van der Waals surface area contributed by atoms with Crippen LogP contribution in [0, 0.1) is 5.92 Å². The summed E-state index contributed by atoms with van der Waals surface area (Å²) in [4.78, 5) is 12.5. The fourth-order valence-corrected chi connectivity index (χ4v) is 5.53. The molecule has 2 fully saturated rings. The van der Waals surface area contributed by atoms with Gasteiger partial charge in [-0.2, -0.15) is 4.31 Å². The third-order valence-electron chi connectivity index (χ3n) is 5.74. The number of piperidine rings is 1. The predicted octanol–water partition coefficient (Wildman–Crippen LogP) is 2.53. The van der Waals surface area contributed by atoms with Crippen LogP contribution in [0.2, 0.25) is 0 Å². The number of aliphatic hydroxyl groups excluding tert-OH is 1. The molecule has 1 aromatic rings. The van der Waals surface area contributed by atoms with E-state index in [1.165, 1.54) is 22.9 Å². The van der Waals surface area contributed by atoms with E-state index in [1.54, 1.807) is 12.1 Å². The number of rotatable bonds is 6. The Hall–Kier alpha value is -1.44. The average molecular weight is 395 g/mol. The van der Waals surface area contributed by atoms with Gasteiger partial charge in [0.15, 0.2) is 0 Å². The number of hydrogen-bond donors (Lipinski definition) is 2. The van der Waals surface area contributed by atoms with Crippen molar-refractivity contribution >= 4 is 15.9 Å². The van der Waals surface area contributed by atoms with Crippen LogP contribution in [0.3, 0.4) is 0 Å². The second kappa shape index (κ2) is 9.17. The molecule has 1 unspecified atom stereocenters. The number of benzene rings is 1. The molecule has 0 bridgehead atoms. The summed E-state index contributed by atoms with van der Waals surface area (Å²) in [6.07, 6.45) is 7.87. The Bertz CT molecular complexity index is 721. The summed E-state index contributed by atoms with van der Waals surface area (Å²) in [5.74, 6) is -0.0251. The second-order valence-electron chi connectivity index (χ2n) is 7.66. The molecule has 27 heavy (non-hydrogen) atoms. The molecule has 7 heteroatoms. The topological polar surface area (TPSA) is 86.7 Å². The zero-order valence-electron chi connectivity index (χ0n) is 15.8. The van der Waals surface area contributed by atoms with Gasteiger partial charge >= 0.3 is 0 Å². The van der Waals surface area contributed by atoms with E-state index in [0.717, 1.165) is 44.9 Å². The lowest BCUT2D eigenvalue weighted by molar-refractivity contribution is 0.0738. The van der Waals surface area contributed by atoms with Gasteiger partial charge in [-0.25, -0.2) is 8.42 Å². The second-order valence-corrected chi connectivity index (χ2v) is 9.60. The van der Waals surface area contributed by atoms with Gasteiger partial charge in [0.1, 0.15) is 0 Å². The molecule has 1 aliphatic carbocycles. The zero-order chi connectivity index (χ0) is 19.3. The minimum absolute atomic E-state index is 0.225. The molecule has 1 aliphatic heterocycles. The maximum Gasteiger partial charge on any atom is 0.251 e. The molecule has 2 N–H and O–H groups in total. The minimum Gasteiger partial charge on any atom is -0.391 e. The van der Waals surface area contributed by atoms with Gasteiger partial charge in [-0.05, 0) is 55.9 Å². The first-order valence-corrected chi connectivity index (χ1v) is 11.5. The third kappa shape index (κ3) is 5.09. The van der Waals surface area contributed by atoms with Crippen LogP contribution in [-0.4, -0.2) is 49.5 Å². The summed E-state index contributed by atoms with van der Waals surface area (Å²) in [5, 5.41) is 13.0. The number of aliphatic hydroxyl groups is 1. The minimum atomic E-state index is -3.48. The van der Waals surface area contributed by atoms with Gasteiger partial charge in [-0.1, -0.05) is 25.7 Å². The Morgan fingerprint density at radius 2 is 1.63 bits per heavy atom. The van der Waals surface area contributed by atoms with Crippen molar-refractivity contribution in [2.45, 2.75) is 62.4 Å². The average Bonchev–Trinajstić information content (AvgIpc) is 2.73. The lowest BCUT2D eigenvalue weighted by Gasteiger charge is -2.26. The van der Waals surface area contributed by atoms with Gasteiger partial charge in [0.25, 0.3) is 5.91 Å². The highest BCUT2D eigenvalue weighted by Gasteiger charge is 2.26. The van der Waals surface area contributed by atoms with E-state index >= 15 is 0 Å². The monoisotopic (exact) mass is 394 g/mol. The zero-order valence-corrected chi connectivity index (χ0v) is 16.6. The lowest BCUT2D eigenvalue weighted by atomic mass is 9.85. The van der Waals surface area contributed by atoms with Crippen molar-refractivity contribution in [2.24, 2.45) is 5.92 Å². The van der Waals surface area contributed by atoms with Crippen molar-refractivity contribution in [3.63, 3.8) is 0 Å². The lowest BCUT2D eigenvalue weighted by Crippen LogP contribution is -2.37. The molecular formula is C20H30N2O4S. The largest absolute Gasteiger partial charge is 0.391 e. The summed E-state index contributed by atoms with van der Waals surface area (Å²) < 4.78 is 26.8. The quantitative estimate of drug-likeness (QED) is 0.776. The Balaban J connectivity index is 1.56. The molecule has 1 saturated heterocycles. The Labute approximate surface area is 162 Å². The van der Waals surface area contributed by atoms with Crippen LogP contribution >= 0.6 is 0 Å². The number of sulfonamides is 1. The molecule has 1 heterocycles. The Morgan fingerprint density at radius 1 is 1.04 bits per heavy atom. The number of carbonyl (C=O) groups excluding carboxylic acids is 1. The fourth-order valence-electron chi connectivity index (χ4n) is 4.02. The summed E-state index contributed by atoms with van der Waals surface area (Å²) in [6, 6.07) is 6.07. The maximum absolute atomic E-state index is 12.7. The highest BCUT2D eigenvalue weighted by Crippen LogP contribution is 2.26. The van der Waals surface area contributed by atoms with Crippen LogP contribution in [0.25, 0.3) is 0 Å². The van der Waals surface area contributed by atoms with Crippen LogP contribution in [0.1, 0.15) is 61.7 Å². The summed E-state index contributed by atoms with van der Waals surface area (Å²) in [6.45, 7) is 1.35. The number of nitrogens with zero attached hydrogens (tertiary/aromatic N) is 1. The van der Waals surface area contributed by atoms with Crippen LogP contribution in [0.5, 0.6) is 0 Å². The number of amides is 1. The van der Waals surface area contributed by atoms with Gasteiger partial charge in [-0.15, -0.1) is 0 Å². The van der Waals surface area contributed by atoms with E-state index in [2.05, 4.69) is 5.32 Å². The summed E-state index contributed by atoms with van der Waals surface area (Å²) >= 11 is 0. The molecule has 0 spiro atoms. The van der Waals surface area contributed by atoms with Gasteiger partial charge in [0.05, 0.1) is 11.0 Å². The molecule has 1 aromatic carbocycles. The van der Waals surface area contributed by atoms with Crippen LogP contribution < -0.4 is 5.32 Å². The van der Waals surface area contributed by atoms with E-state index in [9.17, 15) is 18.3 Å². The summed E-state index contributed by atoms with van der Waals surface area (Å²) in [7, 11) is -3.48. The Kier molecular flexibility index (Phi) is 6.89. The fraction of sp³-hybridized carbons (Fsp3) is 0.650. The first-order chi connectivity index (χ1) is 13.0. The van der Waals surface area contributed by atoms with Crippen molar-refractivity contribution in [2.75, 3.05) is 19.6 Å². The predicted molar refractivity (Wildman–Crippen MR) is 104 cm³/mol. The molecule has 3 rings (SSSR count). The summed E-state index contributed by atoms with van der Waals surface area (Å²) in [5.41, 5.74) is 0.406. The van der Waals surface area contributed by atoms with Gasteiger partial charge < -0.3 is 10.4 Å². The van der Waals surface area contributed by atoms with Crippen molar-refractivity contribution in [1.82, 2.24) is 9.62 Å². The molecule has 1 atom stereocenters. The number of nitrogens with one attached hydrogen (secondary N) is 1. The smallest absolute Gasteiger partial charge is 0.251 e. The van der Waals surface area contributed by atoms with Crippen molar-refractivity contribution in [3.05, 3.63) is 29.8 Å². The highest BCUT2D eigenvalue weighted by molar-refractivity contribution is 7.89. The molecule has 0 radical (unpaired) electrons. The standard InChI is InChI=1S/C20H30N2O4S/c23-19(16-7-3-1-4-8-16)15-21-20(24)17-9-11-18(12-10-17)27(25,26)22-13-5-2-6-14-22/h9-12,16,19,23H,1-8,13-15H2,(H,21,24). The Morgan fingerprint density at radius 3 is 2.26 bits per heavy atom. The maximum atomic E-state index is 12.7. The normalized spacial score (nSPS) is 20.9. The SMILES string of the molecule is O=C(NCC(O)C1CCCCC1)c1ccc(S(=O)(=O)N2CCCCC2)cc1. The molecule has 1 saturated carbocycles. The van der Waals surface area contributed by atoms with E-state index in [0.29, 0.717) is 18.7 Å². The number of carbonyl (C=O) groups is 1. The third-order valence-corrected chi connectivity index (χ3v) is 7.65. The van der Waals surface area contributed by atoms with Gasteiger partial charge in [0, 0.05) is 25.2 Å². The van der Waals surface area contributed by atoms with E-state index in [4.69, 9.17) is 0 Å². The van der Waals surface area contributed by atoms with Crippen molar-refractivity contribution < 1.29 is 18.3 Å². The van der Waals surface area contributed by atoms with Gasteiger partial charge in [-0.3, -0.25) is 4.79 Å². The van der Waals surface area contributed by atoms with Gasteiger partial charge in [0.2, 0.25) is 10.0 Å². The molecular weight excluding hydrogens is 364 g/mol. The highest BCUT2D eigenvalue weighted by atomic mass is 32.2. The van der Waals surface area contributed by atoms with Crippen LogP contribution in [-0.2, 0) is 10.0 Å². The molecule has 6 nitrogen and oxygen atoms in total. The number of hydrogen-bond acceptors (Lipinski definition) is 4. The van der Waals surface area contributed by atoms with Crippen LogP contribution in [0.15, 0.2) is 29.2 Å². The molecule has 2 aliphatic rings. The van der Waals surface area contributed by atoms with E-state index < -0.39 is 16.1 Å². The van der Waals surface area contributed by atoms with E-state index in [1.807, 2.05) is 0 Å². The first kappa shape index (κ1) is 20.3. The first-order valence-electron chi connectivity index (χ1n) is 10.0. The molecule has 1 amide bonds. The molecule has 0 aromatic heterocycles. The van der Waals surface area contributed by atoms with E-state index in [-0.39, 0.29) is 23.3 Å². The van der Waals surface area contributed by atoms with Crippen LogP contribution in [0.4, 0.5) is 0 Å². The molecule has 150 valence electrons. The van der Waals surface area contributed by atoms with Crippen molar-refractivity contribution in [1.29, 1.82) is 0 Å². The van der Waals surface area contributed by atoms with Crippen molar-refractivity contribution in [3.8, 4) is 0 Å².